The predicted octanol–water partition coefficient (Wildman–Crippen LogP) is 3.77. The van der Waals surface area contributed by atoms with Crippen molar-refractivity contribution < 1.29 is 14.7 Å². The van der Waals surface area contributed by atoms with Crippen LogP contribution < -0.4 is 0 Å². The van der Waals surface area contributed by atoms with Crippen molar-refractivity contribution in [3.63, 3.8) is 0 Å². The molecule has 24 heavy (non-hydrogen) atoms. The Morgan fingerprint density at radius 1 is 1.12 bits per heavy atom. The summed E-state index contributed by atoms with van der Waals surface area (Å²) in [5.41, 5.74) is 0.103. The van der Waals surface area contributed by atoms with Crippen molar-refractivity contribution >= 4 is 11.6 Å². The lowest BCUT2D eigenvalue weighted by Gasteiger charge is -2.61. The van der Waals surface area contributed by atoms with Crippen molar-refractivity contribution in [1.29, 1.82) is 0 Å². The molecule has 0 amide bonds. The van der Waals surface area contributed by atoms with Gasteiger partial charge in [-0.05, 0) is 80.0 Å². The second-order valence-electron chi connectivity index (χ2n) is 9.84. The highest BCUT2D eigenvalue weighted by molar-refractivity contribution is 5.80. The van der Waals surface area contributed by atoms with Crippen molar-refractivity contribution in [2.45, 2.75) is 78.2 Å². The normalized spacial score (nSPS) is 53.9. The number of fused-ring (bicyclic) bond motifs is 5. The van der Waals surface area contributed by atoms with Gasteiger partial charge in [-0.1, -0.05) is 13.8 Å². The number of carbonyl (C=O) groups excluding carboxylic acids is 2. The van der Waals surface area contributed by atoms with Gasteiger partial charge in [-0.2, -0.15) is 0 Å². The summed E-state index contributed by atoms with van der Waals surface area (Å²) in [6.45, 7) is 6.36. The molecule has 0 unspecified atom stereocenters. The van der Waals surface area contributed by atoms with Gasteiger partial charge in [0.25, 0.3) is 0 Å². The summed E-state index contributed by atoms with van der Waals surface area (Å²) in [6, 6.07) is 0. The molecule has 3 nitrogen and oxygen atoms in total. The Hall–Kier alpha value is -0.700. The SMILES string of the molecule is CC(=O)[C@@H]1CC[C@@H]2[C@@H]3CC[C@H]4CC(=O)CC[C@]4(C)[C@@H]3[C@H](O)C[C@]21C. The molecule has 0 heterocycles. The summed E-state index contributed by atoms with van der Waals surface area (Å²) in [5, 5.41) is 11.2. The summed E-state index contributed by atoms with van der Waals surface area (Å²) >= 11 is 0. The monoisotopic (exact) mass is 332 g/mol. The average Bonchev–Trinajstić information content (AvgIpc) is 2.84. The number of rotatable bonds is 1. The fourth-order valence-electron chi connectivity index (χ4n) is 7.84. The highest BCUT2D eigenvalue weighted by Gasteiger charge is 2.63. The average molecular weight is 332 g/mol. The number of hydrogen-bond acceptors (Lipinski definition) is 3. The Bertz CT molecular complexity index is 569. The molecule has 0 saturated heterocycles. The van der Waals surface area contributed by atoms with Crippen LogP contribution in [0.2, 0.25) is 0 Å². The van der Waals surface area contributed by atoms with Gasteiger partial charge in [0.15, 0.2) is 0 Å². The maximum absolute atomic E-state index is 12.2. The fraction of sp³-hybridized carbons (Fsp3) is 0.905. The smallest absolute Gasteiger partial charge is 0.133 e. The van der Waals surface area contributed by atoms with Gasteiger partial charge in [0.1, 0.15) is 11.6 Å². The van der Waals surface area contributed by atoms with E-state index in [2.05, 4.69) is 13.8 Å². The number of hydrogen-bond donors (Lipinski definition) is 1. The van der Waals surface area contributed by atoms with E-state index < -0.39 is 0 Å². The standard InChI is InChI=1S/C21H32O3/c1-12(22)16-6-7-17-15-5-4-13-10-14(23)8-9-20(13,2)19(15)18(24)11-21(16,17)3/h13,15-19,24H,4-11H2,1-3H3/t13-,15-,16-,17+,18+,19-,20-,21-/m0/s1. The van der Waals surface area contributed by atoms with Crippen molar-refractivity contribution in [3.8, 4) is 0 Å². The van der Waals surface area contributed by atoms with Crippen molar-refractivity contribution in [3.05, 3.63) is 0 Å². The minimum atomic E-state index is -0.308. The van der Waals surface area contributed by atoms with Gasteiger partial charge >= 0.3 is 0 Å². The highest BCUT2D eigenvalue weighted by Crippen LogP contribution is 2.67. The third kappa shape index (κ3) is 2.12. The van der Waals surface area contributed by atoms with Gasteiger partial charge < -0.3 is 5.11 Å². The Morgan fingerprint density at radius 3 is 2.58 bits per heavy atom. The van der Waals surface area contributed by atoms with Gasteiger partial charge in [0, 0.05) is 18.8 Å². The number of aliphatic hydroxyl groups excluding tert-OH is 1. The van der Waals surface area contributed by atoms with Crippen LogP contribution in [0.5, 0.6) is 0 Å². The van der Waals surface area contributed by atoms with Gasteiger partial charge in [-0.25, -0.2) is 0 Å². The lowest BCUT2D eigenvalue weighted by atomic mass is 9.44. The molecule has 3 heteroatoms. The van der Waals surface area contributed by atoms with E-state index in [1.54, 1.807) is 6.92 Å². The van der Waals surface area contributed by atoms with Gasteiger partial charge in [0.2, 0.25) is 0 Å². The second kappa shape index (κ2) is 5.40. The van der Waals surface area contributed by atoms with Gasteiger partial charge in [-0.3, -0.25) is 9.59 Å². The van der Waals surface area contributed by atoms with Crippen LogP contribution in [0, 0.1) is 40.4 Å². The molecule has 0 bridgehead atoms. The first-order valence-electron chi connectivity index (χ1n) is 9.97. The summed E-state index contributed by atoms with van der Waals surface area (Å²) < 4.78 is 0. The van der Waals surface area contributed by atoms with Crippen LogP contribution in [-0.2, 0) is 9.59 Å². The zero-order valence-corrected chi connectivity index (χ0v) is 15.4. The lowest BCUT2D eigenvalue weighted by Crippen LogP contribution is -2.59. The fourth-order valence-corrected chi connectivity index (χ4v) is 7.84. The topological polar surface area (TPSA) is 54.4 Å². The van der Waals surface area contributed by atoms with Crippen molar-refractivity contribution in [2.75, 3.05) is 0 Å². The molecule has 4 saturated carbocycles. The van der Waals surface area contributed by atoms with Crippen LogP contribution in [0.15, 0.2) is 0 Å². The van der Waals surface area contributed by atoms with E-state index in [1.165, 1.54) is 0 Å². The number of aliphatic hydroxyl groups is 1. The van der Waals surface area contributed by atoms with Crippen LogP contribution in [0.4, 0.5) is 0 Å². The van der Waals surface area contributed by atoms with E-state index in [4.69, 9.17) is 0 Å². The molecule has 0 aromatic heterocycles. The molecule has 0 aromatic carbocycles. The maximum atomic E-state index is 12.2. The zero-order valence-electron chi connectivity index (χ0n) is 15.4. The Labute approximate surface area is 145 Å². The number of Topliss-reactive ketones (excluding diaryl/α,β-unsaturated/α-hetero) is 2. The van der Waals surface area contributed by atoms with E-state index in [0.717, 1.165) is 44.9 Å². The minimum absolute atomic E-state index is 0.0138. The maximum Gasteiger partial charge on any atom is 0.133 e. The molecular formula is C21H32O3. The number of ketones is 2. The molecule has 0 radical (unpaired) electrons. The Kier molecular flexibility index (Phi) is 3.77. The molecule has 4 fully saturated rings. The van der Waals surface area contributed by atoms with Gasteiger partial charge in [0.05, 0.1) is 6.10 Å². The zero-order chi connectivity index (χ0) is 17.3. The molecule has 8 atom stereocenters. The Morgan fingerprint density at radius 2 is 1.88 bits per heavy atom. The summed E-state index contributed by atoms with van der Waals surface area (Å²) in [6.07, 6.45) is 7.27. The van der Waals surface area contributed by atoms with Crippen LogP contribution in [0.1, 0.15) is 72.1 Å². The van der Waals surface area contributed by atoms with Crippen molar-refractivity contribution in [1.82, 2.24) is 0 Å². The molecule has 1 N–H and O–H groups in total. The summed E-state index contributed by atoms with van der Waals surface area (Å²) in [5.74, 6) is 2.78. The molecular weight excluding hydrogens is 300 g/mol. The van der Waals surface area contributed by atoms with Crippen LogP contribution in [-0.4, -0.2) is 22.8 Å². The van der Waals surface area contributed by atoms with Crippen LogP contribution >= 0.6 is 0 Å². The molecule has 134 valence electrons. The molecule has 4 aliphatic carbocycles. The van der Waals surface area contributed by atoms with E-state index in [0.29, 0.717) is 41.7 Å². The lowest BCUT2D eigenvalue weighted by molar-refractivity contribution is -0.173. The molecule has 4 rings (SSSR count). The van der Waals surface area contributed by atoms with E-state index in [1.807, 2.05) is 0 Å². The van der Waals surface area contributed by atoms with Gasteiger partial charge in [-0.15, -0.1) is 0 Å². The van der Waals surface area contributed by atoms with Crippen LogP contribution in [0.3, 0.4) is 0 Å². The third-order valence-corrected chi connectivity index (χ3v) is 8.90. The Balaban J connectivity index is 1.68. The van der Waals surface area contributed by atoms with E-state index in [-0.39, 0.29) is 22.9 Å². The third-order valence-electron chi connectivity index (χ3n) is 8.90. The second-order valence-corrected chi connectivity index (χ2v) is 9.84. The summed E-state index contributed by atoms with van der Waals surface area (Å²) in [7, 11) is 0. The molecule has 0 spiro atoms. The van der Waals surface area contributed by atoms with Crippen molar-refractivity contribution in [2.24, 2.45) is 40.4 Å². The minimum Gasteiger partial charge on any atom is -0.393 e. The summed E-state index contributed by atoms with van der Waals surface area (Å²) in [4.78, 5) is 24.1. The first-order chi connectivity index (χ1) is 11.3. The predicted molar refractivity (Wildman–Crippen MR) is 92.3 cm³/mol. The first kappa shape index (κ1) is 16.8. The first-order valence-corrected chi connectivity index (χ1v) is 9.97. The largest absolute Gasteiger partial charge is 0.393 e. The molecule has 0 aromatic rings. The van der Waals surface area contributed by atoms with Crippen LogP contribution in [0.25, 0.3) is 0 Å². The highest BCUT2D eigenvalue weighted by atomic mass is 16.3. The van der Waals surface area contributed by atoms with E-state index >= 15 is 0 Å². The number of carbonyl (C=O) groups is 2. The molecule has 0 aliphatic heterocycles. The quantitative estimate of drug-likeness (QED) is 0.795. The van der Waals surface area contributed by atoms with E-state index in [9.17, 15) is 14.7 Å². The molecule has 4 aliphatic rings.